The molecular formula is C18H12BrCl2F2N5O2. The number of pyridine rings is 1. The lowest BCUT2D eigenvalue weighted by Crippen LogP contribution is -2.31. The predicted octanol–water partition coefficient (Wildman–Crippen LogP) is 5.28. The largest absolute Gasteiger partial charge is 0.323 e. The number of amides is 2. The van der Waals surface area contributed by atoms with E-state index in [-0.39, 0.29) is 27.1 Å². The minimum Gasteiger partial charge on any atom is -0.305 e. The van der Waals surface area contributed by atoms with Crippen LogP contribution in [-0.2, 0) is 6.54 Å². The quantitative estimate of drug-likeness (QED) is 0.480. The molecule has 156 valence electrons. The van der Waals surface area contributed by atoms with E-state index in [1.807, 2.05) is 0 Å². The molecule has 0 aliphatic heterocycles. The van der Waals surface area contributed by atoms with Gasteiger partial charge in [-0.2, -0.15) is 5.10 Å². The van der Waals surface area contributed by atoms with Gasteiger partial charge in [-0.15, -0.1) is 0 Å². The minimum atomic E-state index is -2.82. The summed E-state index contributed by atoms with van der Waals surface area (Å²) in [6.45, 7) is -0.932. The van der Waals surface area contributed by atoms with Crippen LogP contribution in [0.15, 0.2) is 52.0 Å². The van der Waals surface area contributed by atoms with Gasteiger partial charge in [-0.1, -0.05) is 51.3 Å². The zero-order valence-corrected chi connectivity index (χ0v) is 18.0. The second-order valence-corrected chi connectivity index (χ2v) is 7.62. The second kappa shape index (κ2) is 9.50. The molecule has 0 atom stereocenters. The fourth-order valence-electron chi connectivity index (χ4n) is 2.47. The standard InChI is InChI=1S/C18H12BrCl2F2N5O2/c19-10-3-1-2-9(4-10)13-5-14(17(29)28(27-13)8-15(22)23)25-18(30)26-16-11(20)6-24-7-12(16)21/h1-7,15H,8H2,(H2,24,25,26,30). The molecule has 3 aromatic rings. The zero-order chi connectivity index (χ0) is 21.8. The highest BCUT2D eigenvalue weighted by molar-refractivity contribution is 9.10. The van der Waals surface area contributed by atoms with Gasteiger partial charge in [0, 0.05) is 22.4 Å². The lowest BCUT2D eigenvalue weighted by molar-refractivity contribution is 0.120. The van der Waals surface area contributed by atoms with Crippen molar-refractivity contribution in [3.63, 3.8) is 0 Å². The lowest BCUT2D eigenvalue weighted by atomic mass is 10.1. The molecule has 7 nitrogen and oxygen atoms in total. The molecule has 0 saturated carbocycles. The fraction of sp³-hybridized carbons (Fsp3) is 0.111. The number of aromatic nitrogens is 3. The number of alkyl halides is 2. The number of rotatable bonds is 5. The number of nitrogens with zero attached hydrogens (tertiary/aromatic N) is 3. The van der Waals surface area contributed by atoms with Crippen molar-refractivity contribution in [2.45, 2.75) is 13.0 Å². The monoisotopic (exact) mass is 517 g/mol. The van der Waals surface area contributed by atoms with E-state index < -0.39 is 24.6 Å². The van der Waals surface area contributed by atoms with Crippen LogP contribution >= 0.6 is 39.1 Å². The molecular weight excluding hydrogens is 507 g/mol. The van der Waals surface area contributed by atoms with Crippen LogP contribution in [0.25, 0.3) is 11.3 Å². The van der Waals surface area contributed by atoms with Gasteiger partial charge in [0.25, 0.3) is 12.0 Å². The van der Waals surface area contributed by atoms with Crippen LogP contribution in [0.3, 0.4) is 0 Å². The maximum atomic E-state index is 12.9. The first-order chi connectivity index (χ1) is 14.2. The third-order valence-electron chi connectivity index (χ3n) is 3.75. The number of carbonyl (C=O) groups excluding carboxylic acids is 1. The summed E-state index contributed by atoms with van der Waals surface area (Å²) in [7, 11) is 0. The van der Waals surface area contributed by atoms with Crippen molar-refractivity contribution in [2.75, 3.05) is 10.6 Å². The van der Waals surface area contributed by atoms with Crippen LogP contribution < -0.4 is 16.2 Å². The molecule has 0 saturated heterocycles. The number of urea groups is 1. The summed E-state index contributed by atoms with van der Waals surface area (Å²) in [4.78, 5) is 28.7. The highest BCUT2D eigenvalue weighted by atomic mass is 79.9. The molecule has 0 aliphatic carbocycles. The first-order valence-corrected chi connectivity index (χ1v) is 9.82. The summed E-state index contributed by atoms with van der Waals surface area (Å²) in [5, 5.41) is 8.89. The SMILES string of the molecule is O=C(Nc1c(Cl)cncc1Cl)Nc1cc(-c2cccc(Br)c2)nn(CC(F)F)c1=O. The Morgan fingerprint density at radius 3 is 2.50 bits per heavy atom. The van der Waals surface area contributed by atoms with Crippen LogP contribution in [0.2, 0.25) is 10.0 Å². The molecule has 3 rings (SSSR count). The Hall–Kier alpha value is -2.56. The Kier molecular flexibility index (Phi) is 7.01. The molecule has 0 unspecified atom stereocenters. The van der Waals surface area contributed by atoms with Gasteiger partial charge >= 0.3 is 6.03 Å². The molecule has 12 heteroatoms. The van der Waals surface area contributed by atoms with Gasteiger partial charge < -0.3 is 10.6 Å². The molecule has 1 aromatic carbocycles. The van der Waals surface area contributed by atoms with Crippen molar-refractivity contribution < 1.29 is 13.6 Å². The van der Waals surface area contributed by atoms with Gasteiger partial charge in [-0.3, -0.25) is 9.78 Å². The number of nitrogens with one attached hydrogen (secondary N) is 2. The van der Waals surface area contributed by atoms with Crippen LogP contribution in [-0.4, -0.2) is 27.2 Å². The van der Waals surface area contributed by atoms with Crippen LogP contribution in [0.1, 0.15) is 0 Å². The molecule has 30 heavy (non-hydrogen) atoms. The van der Waals surface area contributed by atoms with E-state index in [4.69, 9.17) is 23.2 Å². The Balaban J connectivity index is 1.97. The van der Waals surface area contributed by atoms with E-state index in [9.17, 15) is 18.4 Å². The van der Waals surface area contributed by atoms with Gasteiger partial charge in [-0.05, 0) is 18.2 Å². The van der Waals surface area contributed by atoms with E-state index in [1.165, 1.54) is 18.5 Å². The third kappa shape index (κ3) is 5.32. The average Bonchev–Trinajstić information content (AvgIpc) is 2.67. The van der Waals surface area contributed by atoms with Crippen LogP contribution in [0, 0.1) is 0 Å². The molecule has 2 heterocycles. The van der Waals surface area contributed by atoms with E-state index in [2.05, 4.69) is 36.6 Å². The fourth-order valence-corrected chi connectivity index (χ4v) is 3.33. The molecule has 2 N–H and O–H groups in total. The Bertz CT molecular complexity index is 1140. The highest BCUT2D eigenvalue weighted by Crippen LogP contribution is 2.29. The molecule has 2 amide bonds. The molecule has 0 radical (unpaired) electrons. The maximum absolute atomic E-state index is 12.9. The Morgan fingerprint density at radius 1 is 1.17 bits per heavy atom. The summed E-state index contributed by atoms with van der Waals surface area (Å²) in [5.74, 6) is 0. The molecule has 0 aliphatic rings. The summed E-state index contributed by atoms with van der Waals surface area (Å²) in [6.07, 6.45) is -0.267. The van der Waals surface area contributed by atoms with Gasteiger partial charge in [0.15, 0.2) is 0 Å². The zero-order valence-electron chi connectivity index (χ0n) is 14.9. The predicted molar refractivity (Wildman–Crippen MR) is 115 cm³/mol. The van der Waals surface area contributed by atoms with Crippen molar-refractivity contribution in [2.24, 2.45) is 0 Å². The first-order valence-electron chi connectivity index (χ1n) is 8.28. The summed E-state index contributed by atoms with van der Waals surface area (Å²) in [6, 6.07) is 7.31. The van der Waals surface area contributed by atoms with Crippen LogP contribution in [0.4, 0.5) is 25.0 Å². The van der Waals surface area contributed by atoms with Crippen molar-refractivity contribution in [3.8, 4) is 11.3 Å². The van der Waals surface area contributed by atoms with Gasteiger partial charge in [0.1, 0.15) is 12.2 Å². The maximum Gasteiger partial charge on any atom is 0.323 e. The van der Waals surface area contributed by atoms with E-state index in [1.54, 1.807) is 24.3 Å². The van der Waals surface area contributed by atoms with Gasteiger partial charge in [0.05, 0.1) is 21.4 Å². The topological polar surface area (TPSA) is 88.9 Å². The van der Waals surface area contributed by atoms with Crippen molar-refractivity contribution >= 4 is 56.5 Å². The Morgan fingerprint density at radius 2 is 1.87 bits per heavy atom. The minimum absolute atomic E-state index is 0.0808. The molecule has 0 spiro atoms. The molecule has 0 fully saturated rings. The van der Waals surface area contributed by atoms with Gasteiger partial charge in [-0.25, -0.2) is 18.3 Å². The van der Waals surface area contributed by atoms with E-state index in [0.717, 1.165) is 4.47 Å². The van der Waals surface area contributed by atoms with Crippen molar-refractivity contribution in [1.29, 1.82) is 0 Å². The number of hydrogen-bond acceptors (Lipinski definition) is 4. The second-order valence-electron chi connectivity index (χ2n) is 5.89. The molecule has 0 bridgehead atoms. The number of benzene rings is 1. The van der Waals surface area contributed by atoms with Gasteiger partial charge in [0.2, 0.25) is 0 Å². The summed E-state index contributed by atoms with van der Waals surface area (Å²) < 4.78 is 27.2. The summed E-state index contributed by atoms with van der Waals surface area (Å²) in [5.41, 5.74) is -0.293. The number of hydrogen-bond donors (Lipinski definition) is 2. The van der Waals surface area contributed by atoms with Crippen molar-refractivity contribution in [1.82, 2.24) is 14.8 Å². The average molecular weight is 519 g/mol. The number of carbonyl (C=O) groups is 1. The number of anilines is 2. The first kappa shape index (κ1) is 22.1. The van der Waals surface area contributed by atoms with Crippen LogP contribution in [0.5, 0.6) is 0 Å². The summed E-state index contributed by atoms with van der Waals surface area (Å²) >= 11 is 15.2. The smallest absolute Gasteiger partial charge is 0.305 e. The van der Waals surface area contributed by atoms with E-state index in [0.29, 0.717) is 10.2 Å². The van der Waals surface area contributed by atoms with E-state index >= 15 is 0 Å². The normalized spacial score (nSPS) is 10.9. The highest BCUT2D eigenvalue weighted by Gasteiger charge is 2.17. The molecule has 2 aromatic heterocycles. The number of halogens is 5. The van der Waals surface area contributed by atoms with Crippen molar-refractivity contribution in [3.05, 3.63) is 67.6 Å². The Labute approximate surface area is 187 Å². The third-order valence-corrected chi connectivity index (χ3v) is 4.81. The lowest BCUT2D eigenvalue weighted by Gasteiger charge is -2.13.